The fourth-order valence-electron chi connectivity index (χ4n) is 2.15. The molecule has 0 radical (unpaired) electrons. The van der Waals surface area contributed by atoms with Gasteiger partial charge in [-0.2, -0.15) is 0 Å². The zero-order valence-electron chi connectivity index (χ0n) is 10.2. The van der Waals surface area contributed by atoms with E-state index in [1.54, 1.807) is 13.2 Å². The summed E-state index contributed by atoms with van der Waals surface area (Å²) in [6.45, 7) is 0. The van der Waals surface area contributed by atoms with Crippen LogP contribution >= 0.6 is 0 Å². The number of rotatable bonds is 2. The van der Waals surface area contributed by atoms with Gasteiger partial charge in [-0.25, -0.2) is 4.79 Å². The molecule has 0 unspecified atom stereocenters. The monoisotopic (exact) mass is 232 g/mol. The van der Waals surface area contributed by atoms with Crippen molar-refractivity contribution in [1.29, 1.82) is 0 Å². The number of esters is 1. The maximum Gasteiger partial charge on any atom is 0.330 e. The molecule has 3 nitrogen and oxygen atoms in total. The Morgan fingerprint density at radius 1 is 1.29 bits per heavy atom. The molecule has 0 saturated heterocycles. The van der Waals surface area contributed by atoms with Crippen LogP contribution in [-0.4, -0.2) is 20.2 Å². The minimum atomic E-state index is -0.296. The summed E-state index contributed by atoms with van der Waals surface area (Å²) < 4.78 is 9.89. The molecule has 0 saturated carbocycles. The van der Waals surface area contributed by atoms with E-state index in [0.717, 1.165) is 36.1 Å². The van der Waals surface area contributed by atoms with E-state index in [9.17, 15) is 4.79 Å². The van der Waals surface area contributed by atoms with E-state index in [2.05, 4.69) is 10.8 Å². The summed E-state index contributed by atoms with van der Waals surface area (Å²) in [4.78, 5) is 11.3. The summed E-state index contributed by atoms with van der Waals surface area (Å²) >= 11 is 0. The standard InChI is InChI=1S/C14H16O3/c1-16-12-7-6-10-4-3-5-11(13(10)9-12)8-14(15)17-2/h6-9H,3-5H2,1-2H3/b11-8-. The van der Waals surface area contributed by atoms with Crippen molar-refractivity contribution in [1.82, 2.24) is 0 Å². The predicted octanol–water partition coefficient (Wildman–Crippen LogP) is 2.59. The molecular formula is C14H16O3. The van der Waals surface area contributed by atoms with Crippen molar-refractivity contribution in [2.75, 3.05) is 14.2 Å². The van der Waals surface area contributed by atoms with Gasteiger partial charge in [0.05, 0.1) is 14.2 Å². The normalized spacial score (nSPS) is 16.5. The fraction of sp³-hybridized carbons (Fsp3) is 0.357. The summed E-state index contributed by atoms with van der Waals surface area (Å²) in [6, 6.07) is 6.02. The zero-order valence-corrected chi connectivity index (χ0v) is 10.2. The van der Waals surface area contributed by atoms with E-state index in [1.807, 2.05) is 12.1 Å². The van der Waals surface area contributed by atoms with Crippen LogP contribution < -0.4 is 4.74 Å². The SMILES string of the molecule is COC(=O)/C=C1/CCCc2ccc(OC)cc21. The largest absolute Gasteiger partial charge is 0.497 e. The van der Waals surface area contributed by atoms with E-state index < -0.39 is 0 Å². The summed E-state index contributed by atoms with van der Waals surface area (Å²) in [5.41, 5.74) is 3.42. The number of allylic oxidation sites excluding steroid dienone is 1. The van der Waals surface area contributed by atoms with Gasteiger partial charge in [-0.05, 0) is 48.1 Å². The number of benzene rings is 1. The van der Waals surface area contributed by atoms with Gasteiger partial charge in [-0.1, -0.05) is 6.07 Å². The molecule has 0 spiro atoms. The number of hydrogen-bond acceptors (Lipinski definition) is 3. The lowest BCUT2D eigenvalue weighted by Crippen LogP contribution is -2.05. The van der Waals surface area contributed by atoms with Crippen molar-refractivity contribution >= 4 is 11.5 Å². The third-order valence-corrected chi connectivity index (χ3v) is 3.05. The summed E-state index contributed by atoms with van der Waals surface area (Å²) in [5.74, 6) is 0.525. The Morgan fingerprint density at radius 2 is 2.12 bits per heavy atom. The Balaban J connectivity index is 2.42. The van der Waals surface area contributed by atoms with Crippen molar-refractivity contribution < 1.29 is 14.3 Å². The highest BCUT2D eigenvalue weighted by Gasteiger charge is 2.16. The molecule has 0 aliphatic heterocycles. The van der Waals surface area contributed by atoms with Gasteiger partial charge in [0.25, 0.3) is 0 Å². The average molecular weight is 232 g/mol. The van der Waals surface area contributed by atoms with Crippen LogP contribution in [0, 0.1) is 0 Å². The summed E-state index contributed by atoms with van der Waals surface area (Å²) in [6.07, 6.45) is 4.62. The Labute approximate surface area is 101 Å². The highest BCUT2D eigenvalue weighted by Crippen LogP contribution is 2.33. The highest BCUT2D eigenvalue weighted by atomic mass is 16.5. The van der Waals surface area contributed by atoms with E-state index >= 15 is 0 Å². The molecule has 3 heteroatoms. The Hall–Kier alpha value is -1.77. The Bertz CT molecular complexity index is 461. The van der Waals surface area contributed by atoms with E-state index in [1.165, 1.54) is 12.7 Å². The van der Waals surface area contributed by atoms with Gasteiger partial charge in [0, 0.05) is 6.08 Å². The summed E-state index contributed by atoms with van der Waals surface area (Å²) in [7, 11) is 3.04. The van der Waals surface area contributed by atoms with E-state index in [-0.39, 0.29) is 5.97 Å². The molecular weight excluding hydrogens is 216 g/mol. The lowest BCUT2D eigenvalue weighted by Gasteiger charge is -2.19. The number of methoxy groups -OCH3 is 2. The molecule has 1 aromatic carbocycles. The Morgan fingerprint density at radius 3 is 2.82 bits per heavy atom. The molecule has 0 N–H and O–H groups in total. The smallest absolute Gasteiger partial charge is 0.330 e. The van der Waals surface area contributed by atoms with Gasteiger partial charge >= 0.3 is 5.97 Å². The number of carbonyl (C=O) groups is 1. The van der Waals surface area contributed by atoms with Crippen molar-refractivity contribution in [3.05, 3.63) is 35.4 Å². The first-order chi connectivity index (χ1) is 8.24. The van der Waals surface area contributed by atoms with Crippen molar-refractivity contribution in [2.24, 2.45) is 0 Å². The lowest BCUT2D eigenvalue weighted by atomic mass is 9.87. The van der Waals surface area contributed by atoms with Crippen LogP contribution in [0.1, 0.15) is 24.0 Å². The summed E-state index contributed by atoms with van der Waals surface area (Å²) in [5, 5.41) is 0. The molecule has 0 fully saturated rings. The topological polar surface area (TPSA) is 35.5 Å². The van der Waals surface area contributed by atoms with Crippen LogP contribution in [0.5, 0.6) is 5.75 Å². The molecule has 1 aromatic rings. The van der Waals surface area contributed by atoms with Crippen LogP contribution in [0.4, 0.5) is 0 Å². The maximum atomic E-state index is 11.3. The van der Waals surface area contributed by atoms with Gasteiger partial charge in [-0.3, -0.25) is 0 Å². The van der Waals surface area contributed by atoms with Gasteiger partial charge < -0.3 is 9.47 Å². The Kier molecular flexibility index (Phi) is 3.47. The molecule has 0 amide bonds. The molecule has 0 aromatic heterocycles. The van der Waals surface area contributed by atoms with Gasteiger partial charge in [-0.15, -0.1) is 0 Å². The van der Waals surface area contributed by atoms with Gasteiger partial charge in [0.15, 0.2) is 0 Å². The molecule has 1 aliphatic carbocycles. The maximum absolute atomic E-state index is 11.3. The third-order valence-electron chi connectivity index (χ3n) is 3.05. The fourth-order valence-corrected chi connectivity index (χ4v) is 2.15. The molecule has 1 aliphatic rings. The number of aryl methyl sites for hydroxylation is 1. The van der Waals surface area contributed by atoms with Gasteiger partial charge in [0.2, 0.25) is 0 Å². The molecule has 0 heterocycles. The minimum Gasteiger partial charge on any atom is -0.497 e. The van der Waals surface area contributed by atoms with Crippen molar-refractivity contribution in [3.63, 3.8) is 0 Å². The van der Waals surface area contributed by atoms with Crippen LogP contribution in [-0.2, 0) is 16.0 Å². The van der Waals surface area contributed by atoms with E-state index in [0.29, 0.717) is 0 Å². The molecule has 0 bridgehead atoms. The van der Waals surface area contributed by atoms with Crippen LogP contribution in [0.25, 0.3) is 5.57 Å². The van der Waals surface area contributed by atoms with Gasteiger partial charge in [0.1, 0.15) is 5.75 Å². The number of carbonyl (C=O) groups excluding carboxylic acids is 1. The second kappa shape index (κ2) is 5.04. The predicted molar refractivity (Wildman–Crippen MR) is 65.9 cm³/mol. The third kappa shape index (κ3) is 2.49. The first-order valence-electron chi connectivity index (χ1n) is 5.70. The van der Waals surface area contributed by atoms with Crippen molar-refractivity contribution in [2.45, 2.75) is 19.3 Å². The average Bonchev–Trinajstić information content (AvgIpc) is 2.38. The quantitative estimate of drug-likeness (QED) is 0.580. The molecule has 90 valence electrons. The number of fused-ring (bicyclic) bond motifs is 1. The molecule has 17 heavy (non-hydrogen) atoms. The minimum absolute atomic E-state index is 0.296. The zero-order chi connectivity index (χ0) is 12.3. The second-order valence-corrected chi connectivity index (χ2v) is 4.07. The molecule has 0 atom stereocenters. The highest BCUT2D eigenvalue weighted by molar-refractivity contribution is 5.92. The van der Waals surface area contributed by atoms with Crippen LogP contribution in [0.3, 0.4) is 0 Å². The second-order valence-electron chi connectivity index (χ2n) is 4.07. The molecule has 2 rings (SSSR count). The first-order valence-corrected chi connectivity index (χ1v) is 5.70. The number of ether oxygens (including phenoxy) is 2. The van der Waals surface area contributed by atoms with Crippen LogP contribution in [0.15, 0.2) is 24.3 Å². The van der Waals surface area contributed by atoms with E-state index in [4.69, 9.17) is 4.74 Å². The van der Waals surface area contributed by atoms with Crippen LogP contribution in [0.2, 0.25) is 0 Å². The lowest BCUT2D eigenvalue weighted by molar-refractivity contribution is -0.134. The first kappa shape index (κ1) is 11.7. The number of hydrogen-bond donors (Lipinski definition) is 0. The van der Waals surface area contributed by atoms with Crippen molar-refractivity contribution in [3.8, 4) is 5.75 Å².